The molecule has 24 heteroatoms. The van der Waals surface area contributed by atoms with E-state index in [-0.39, 0.29) is 49.3 Å². The molecule has 5 aliphatic carbocycles. The number of carbonyl (C=O) groups excluding carboxylic acids is 3. The molecule has 0 saturated heterocycles. The summed E-state index contributed by atoms with van der Waals surface area (Å²) in [6, 6.07) is 8.86. The molecule has 0 spiro atoms. The minimum absolute atomic E-state index is 0.000124. The third-order valence-electron chi connectivity index (χ3n) is 11.0. The van der Waals surface area contributed by atoms with Crippen LogP contribution in [0.2, 0.25) is 0 Å². The molecule has 8 rings (SSSR count). The monoisotopic (exact) mass is 1010 g/mol. The number of pyridine rings is 3. The molecule has 2 N–H and O–H groups in total. The van der Waals surface area contributed by atoms with Crippen molar-refractivity contribution in [3.05, 3.63) is 85.3 Å². The second-order valence-corrected chi connectivity index (χ2v) is 24.4. The van der Waals surface area contributed by atoms with Gasteiger partial charge in [-0.1, -0.05) is 51.6 Å². The lowest BCUT2D eigenvalue weighted by molar-refractivity contribution is -0.385. The van der Waals surface area contributed by atoms with Crippen molar-refractivity contribution < 1.29 is 39.4 Å². The summed E-state index contributed by atoms with van der Waals surface area (Å²) in [5, 5.41) is 51.1. The van der Waals surface area contributed by atoms with Crippen LogP contribution in [-0.4, -0.2) is 91.0 Å². The predicted molar refractivity (Wildman–Crippen MR) is 258 cm³/mol. The minimum Gasteiger partial charge on any atom is -0.395 e. The lowest BCUT2D eigenvalue weighted by Gasteiger charge is -2.41. The van der Waals surface area contributed by atoms with Crippen LogP contribution in [0.3, 0.4) is 0 Å². The zero-order chi connectivity index (χ0) is 46.6. The van der Waals surface area contributed by atoms with Crippen molar-refractivity contribution in [1.29, 1.82) is 0 Å². The van der Waals surface area contributed by atoms with Crippen LogP contribution in [0.15, 0.2) is 70.1 Å². The number of thiol groups is 1. The van der Waals surface area contributed by atoms with Crippen molar-refractivity contribution in [2.45, 2.75) is 130 Å². The first-order chi connectivity index (χ1) is 30.7. The molecule has 64 heavy (non-hydrogen) atoms. The van der Waals surface area contributed by atoms with Crippen LogP contribution in [0, 0.1) is 36.3 Å². The molecular weight excluding hydrogens is 965 g/mol. The standard InChI is InChI=1S/C10H6N4O4S2.C10H12N2O3S2.C10H14O2S2.C5H10OS.C5H8O/c15-13(16)7-1-3-9(11-5-7)19-20-10-4-2-8(6-12-10)14(17)18;13-7-10(4-1-5-10)17-16-9-3-2-8(6-11-9)12(14)15;11-7-9(3-1-4-9)13-14-10(8-12)5-2-6-10;6-4-5(7)2-1-3-5;6-4-5-2-1-3-5/h1-6H;2-3,6,13H,1,4-5,7H2;7-8H,1-6H2;6-7H,1-4H2;4-5H,1-3H2. The highest BCUT2D eigenvalue weighted by atomic mass is 33.1. The van der Waals surface area contributed by atoms with Gasteiger partial charge in [-0.15, -0.1) is 0 Å². The fourth-order valence-electron chi connectivity index (χ4n) is 5.62. The Morgan fingerprint density at radius 3 is 1.14 bits per heavy atom. The molecule has 5 aliphatic rings. The highest BCUT2D eigenvalue weighted by Crippen LogP contribution is 2.56. The average molecular weight is 1020 g/mol. The first kappa shape index (κ1) is 53.6. The fourth-order valence-corrected chi connectivity index (χ4v) is 13.9. The van der Waals surface area contributed by atoms with Crippen molar-refractivity contribution in [2.24, 2.45) is 5.92 Å². The van der Waals surface area contributed by atoms with E-state index in [4.69, 9.17) is 5.11 Å². The first-order valence-corrected chi connectivity index (χ1v) is 27.3. The Bertz CT molecular complexity index is 1890. The molecule has 0 aromatic carbocycles. The van der Waals surface area contributed by atoms with Crippen LogP contribution in [0.5, 0.6) is 0 Å². The van der Waals surface area contributed by atoms with Gasteiger partial charge in [-0.2, -0.15) is 12.6 Å². The van der Waals surface area contributed by atoms with Gasteiger partial charge in [0.15, 0.2) is 0 Å². The van der Waals surface area contributed by atoms with Crippen LogP contribution in [0.1, 0.15) is 96.3 Å². The van der Waals surface area contributed by atoms with Gasteiger partial charge in [0, 0.05) is 33.6 Å². The Hall–Kier alpha value is -2.97. The summed E-state index contributed by atoms with van der Waals surface area (Å²) in [5.41, 5.74) is -0.152. The van der Waals surface area contributed by atoms with Crippen LogP contribution < -0.4 is 0 Å². The lowest BCUT2D eigenvalue weighted by atomic mass is 9.85. The maximum Gasteiger partial charge on any atom is 0.287 e. The van der Waals surface area contributed by atoms with Gasteiger partial charge in [0.2, 0.25) is 0 Å². The number of hydrogen-bond donors (Lipinski definition) is 3. The van der Waals surface area contributed by atoms with E-state index >= 15 is 0 Å². The molecule has 0 radical (unpaired) electrons. The molecule has 0 atom stereocenters. The molecule has 0 unspecified atom stereocenters. The first-order valence-electron chi connectivity index (χ1n) is 20.4. The van der Waals surface area contributed by atoms with Crippen molar-refractivity contribution in [3.63, 3.8) is 0 Å². The van der Waals surface area contributed by atoms with Crippen LogP contribution >= 0.6 is 77.4 Å². The van der Waals surface area contributed by atoms with Crippen molar-refractivity contribution >= 4 is 113 Å². The number of rotatable bonds is 17. The van der Waals surface area contributed by atoms with E-state index in [1.165, 1.54) is 94.1 Å². The molecule has 5 saturated carbocycles. The quantitative estimate of drug-likeness (QED) is 0.0373. The molecule has 0 aliphatic heterocycles. The highest BCUT2D eigenvalue weighted by molar-refractivity contribution is 8.78. The van der Waals surface area contributed by atoms with E-state index in [1.807, 2.05) is 0 Å². The highest BCUT2D eigenvalue weighted by Gasteiger charge is 2.44. The zero-order valence-corrected chi connectivity index (χ0v) is 40.5. The van der Waals surface area contributed by atoms with E-state index in [9.17, 15) is 49.8 Å². The molecule has 5 fully saturated rings. The van der Waals surface area contributed by atoms with E-state index < -0.39 is 14.8 Å². The predicted octanol–water partition coefficient (Wildman–Crippen LogP) is 10.2. The summed E-state index contributed by atoms with van der Waals surface area (Å²) in [7, 11) is 8.87. The van der Waals surface area contributed by atoms with E-state index in [1.54, 1.807) is 38.4 Å². The molecule has 0 bridgehead atoms. The van der Waals surface area contributed by atoms with Crippen LogP contribution in [0.25, 0.3) is 0 Å². The second kappa shape index (κ2) is 26.4. The maximum atomic E-state index is 10.9. The molecule has 17 nitrogen and oxygen atoms in total. The normalized spacial score (nSPS) is 18.8. The molecular formula is C40H50N6O11S7. The van der Waals surface area contributed by atoms with Gasteiger partial charge in [0.25, 0.3) is 17.1 Å². The molecule has 0 amide bonds. The average Bonchev–Trinajstić information content (AvgIpc) is 3.23. The van der Waals surface area contributed by atoms with E-state index in [0.717, 1.165) is 107 Å². The Balaban J connectivity index is 0.000000186. The molecule has 3 aromatic heterocycles. The third-order valence-corrected chi connectivity index (χ3v) is 21.0. The van der Waals surface area contributed by atoms with Crippen LogP contribution in [0.4, 0.5) is 17.1 Å². The Morgan fingerprint density at radius 2 is 0.969 bits per heavy atom. The number of nitro groups is 3. The zero-order valence-electron chi connectivity index (χ0n) is 34.7. The maximum absolute atomic E-state index is 10.9. The summed E-state index contributed by atoms with van der Waals surface area (Å²) in [4.78, 5) is 73.3. The molecule has 3 aromatic rings. The van der Waals surface area contributed by atoms with Crippen molar-refractivity contribution in [3.8, 4) is 0 Å². The van der Waals surface area contributed by atoms with Gasteiger partial charge >= 0.3 is 0 Å². The number of aliphatic hydroxyl groups is 2. The molecule has 348 valence electrons. The largest absolute Gasteiger partial charge is 0.395 e. The Labute approximate surface area is 399 Å². The van der Waals surface area contributed by atoms with Gasteiger partial charge in [0.05, 0.1) is 37.5 Å². The van der Waals surface area contributed by atoms with Gasteiger partial charge in [-0.25, -0.2) is 15.0 Å². The second-order valence-electron chi connectivity index (χ2n) is 15.7. The van der Waals surface area contributed by atoms with E-state index in [0.29, 0.717) is 16.0 Å². The molecule has 3 heterocycles. The summed E-state index contributed by atoms with van der Waals surface area (Å²) < 4.78 is -0.333. The van der Waals surface area contributed by atoms with Crippen molar-refractivity contribution in [2.75, 3.05) is 13.2 Å². The third kappa shape index (κ3) is 16.7. The lowest BCUT2D eigenvalue weighted by Crippen LogP contribution is -2.38. The number of aromatic nitrogens is 3. The van der Waals surface area contributed by atoms with E-state index in [2.05, 4.69) is 27.6 Å². The summed E-state index contributed by atoms with van der Waals surface area (Å²) in [6.45, 7) is 0.424. The van der Waals surface area contributed by atoms with Gasteiger partial charge in [-0.3, -0.25) is 30.3 Å². The summed E-state index contributed by atoms with van der Waals surface area (Å²) >= 11 is 4.22. The number of hydrogen-bond acceptors (Lipinski definition) is 21. The smallest absolute Gasteiger partial charge is 0.287 e. The number of nitrogens with zero attached hydrogens (tertiary/aromatic N) is 6. The van der Waals surface area contributed by atoms with Crippen molar-refractivity contribution in [1.82, 2.24) is 15.0 Å². The number of aliphatic hydroxyl groups excluding tert-OH is 2. The van der Waals surface area contributed by atoms with Gasteiger partial charge in [0.1, 0.15) is 52.5 Å². The Kier molecular flexibility index (Phi) is 22.1. The SMILES string of the molecule is O=CC1(SSC2(C=O)CCC2)CCC1.O=CC1CCC1.O=[N+]([O-])c1ccc(SSC2(CO)CCC2)nc1.O=[N+]([O-])c1ccc(SSc2ccc([N+](=O)[O-])cn2)nc1.OCC1(S)CCC1. The summed E-state index contributed by atoms with van der Waals surface area (Å²) in [6.07, 6.45) is 23.2. The van der Waals surface area contributed by atoms with Crippen LogP contribution in [-0.2, 0) is 14.4 Å². The van der Waals surface area contributed by atoms with Gasteiger partial charge < -0.3 is 24.6 Å². The fraction of sp³-hybridized carbons (Fsp3) is 0.550. The topological polar surface area (TPSA) is 260 Å². The van der Waals surface area contributed by atoms with Gasteiger partial charge in [-0.05, 0) is 128 Å². The minimum atomic E-state index is -0.521. The summed E-state index contributed by atoms with van der Waals surface area (Å²) in [5.74, 6) is 0.435. The number of carbonyl (C=O) groups is 3. The Morgan fingerprint density at radius 1 is 0.578 bits per heavy atom. The number of aldehydes is 3.